The SMILES string of the molecule is O=C(Cn1ccnc1-c1ccccc1)NCCO. The Balaban J connectivity index is 2.11. The minimum Gasteiger partial charge on any atom is -0.395 e. The highest BCUT2D eigenvalue weighted by atomic mass is 16.3. The molecule has 0 aliphatic carbocycles. The third kappa shape index (κ3) is 2.95. The topological polar surface area (TPSA) is 67.2 Å². The van der Waals surface area contributed by atoms with Crippen molar-refractivity contribution in [3.8, 4) is 11.4 Å². The number of imidazole rings is 1. The van der Waals surface area contributed by atoms with Crippen molar-refractivity contribution in [3.63, 3.8) is 0 Å². The molecule has 94 valence electrons. The van der Waals surface area contributed by atoms with E-state index >= 15 is 0 Å². The number of benzene rings is 1. The minimum absolute atomic E-state index is 0.0544. The lowest BCUT2D eigenvalue weighted by molar-refractivity contribution is -0.121. The molecule has 0 saturated carbocycles. The third-order valence-electron chi connectivity index (χ3n) is 2.50. The van der Waals surface area contributed by atoms with Crippen molar-refractivity contribution in [2.45, 2.75) is 6.54 Å². The first-order chi connectivity index (χ1) is 8.81. The predicted molar refractivity (Wildman–Crippen MR) is 67.8 cm³/mol. The molecule has 1 aromatic carbocycles. The van der Waals surface area contributed by atoms with Gasteiger partial charge in [-0.05, 0) is 0 Å². The molecule has 0 bridgehead atoms. The average Bonchev–Trinajstić information content (AvgIpc) is 2.85. The van der Waals surface area contributed by atoms with Crippen LogP contribution >= 0.6 is 0 Å². The van der Waals surface area contributed by atoms with Gasteiger partial charge in [-0.3, -0.25) is 4.79 Å². The van der Waals surface area contributed by atoms with Crippen LogP contribution in [0.4, 0.5) is 0 Å². The molecule has 18 heavy (non-hydrogen) atoms. The number of nitrogens with zero attached hydrogens (tertiary/aromatic N) is 2. The zero-order valence-electron chi connectivity index (χ0n) is 9.91. The number of aliphatic hydroxyl groups is 1. The monoisotopic (exact) mass is 245 g/mol. The number of hydrogen-bond acceptors (Lipinski definition) is 3. The molecule has 0 unspecified atom stereocenters. The summed E-state index contributed by atoms with van der Waals surface area (Å²) in [6.45, 7) is 0.416. The Bertz CT molecular complexity index is 508. The number of rotatable bonds is 5. The summed E-state index contributed by atoms with van der Waals surface area (Å²) in [6, 6.07) is 9.69. The third-order valence-corrected chi connectivity index (χ3v) is 2.50. The Kier molecular flexibility index (Phi) is 4.09. The molecule has 5 heteroatoms. The van der Waals surface area contributed by atoms with Crippen LogP contribution in [0.15, 0.2) is 42.7 Å². The Morgan fingerprint density at radius 3 is 2.83 bits per heavy atom. The van der Waals surface area contributed by atoms with E-state index in [9.17, 15) is 4.79 Å². The van der Waals surface area contributed by atoms with E-state index in [1.54, 1.807) is 17.0 Å². The quantitative estimate of drug-likeness (QED) is 0.813. The van der Waals surface area contributed by atoms with Gasteiger partial charge in [0.2, 0.25) is 5.91 Å². The van der Waals surface area contributed by atoms with Gasteiger partial charge in [-0.1, -0.05) is 30.3 Å². The van der Waals surface area contributed by atoms with Gasteiger partial charge in [0, 0.05) is 24.5 Å². The van der Waals surface area contributed by atoms with Crippen LogP contribution in [0.25, 0.3) is 11.4 Å². The van der Waals surface area contributed by atoms with Gasteiger partial charge in [0.1, 0.15) is 12.4 Å². The fraction of sp³-hybridized carbons (Fsp3) is 0.231. The second kappa shape index (κ2) is 5.97. The second-order valence-electron chi connectivity index (χ2n) is 3.82. The molecule has 0 aliphatic rings. The van der Waals surface area contributed by atoms with E-state index < -0.39 is 0 Å². The fourth-order valence-corrected chi connectivity index (χ4v) is 1.69. The summed E-state index contributed by atoms with van der Waals surface area (Å²) in [5.74, 6) is 0.619. The molecule has 0 saturated heterocycles. The second-order valence-corrected chi connectivity index (χ2v) is 3.82. The summed E-state index contributed by atoms with van der Waals surface area (Å²) < 4.78 is 1.78. The summed E-state index contributed by atoms with van der Waals surface area (Å²) in [4.78, 5) is 15.8. The number of aliphatic hydroxyl groups excluding tert-OH is 1. The van der Waals surface area contributed by atoms with Gasteiger partial charge in [0.15, 0.2) is 0 Å². The van der Waals surface area contributed by atoms with Crippen LogP contribution < -0.4 is 5.32 Å². The Morgan fingerprint density at radius 1 is 1.33 bits per heavy atom. The van der Waals surface area contributed by atoms with Gasteiger partial charge in [-0.2, -0.15) is 0 Å². The average molecular weight is 245 g/mol. The van der Waals surface area contributed by atoms with Crippen molar-refractivity contribution < 1.29 is 9.90 Å². The Morgan fingerprint density at radius 2 is 2.11 bits per heavy atom. The molecule has 0 radical (unpaired) electrons. The zero-order valence-corrected chi connectivity index (χ0v) is 9.91. The standard InChI is InChI=1S/C13H15N3O2/c17-9-7-14-12(18)10-16-8-6-15-13(16)11-4-2-1-3-5-11/h1-6,8,17H,7,9-10H2,(H,14,18). The normalized spacial score (nSPS) is 10.3. The predicted octanol–water partition coefficient (Wildman–Crippen LogP) is 0.659. The van der Waals surface area contributed by atoms with Gasteiger partial charge >= 0.3 is 0 Å². The van der Waals surface area contributed by atoms with Crippen LogP contribution in [0.3, 0.4) is 0 Å². The molecule has 2 aromatic rings. The van der Waals surface area contributed by atoms with E-state index in [2.05, 4.69) is 10.3 Å². The first-order valence-electron chi connectivity index (χ1n) is 5.75. The molecule has 1 amide bonds. The number of hydrogen-bond donors (Lipinski definition) is 2. The first-order valence-corrected chi connectivity index (χ1v) is 5.75. The summed E-state index contributed by atoms with van der Waals surface area (Å²) in [7, 11) is 0. The van der Waals surface area contributed by atoms with Crippen LogP contribution in [0.5, 0.6) is 0 Å². The summed E-state index contributed by atoms with van der Waals surface area (Å²) in [5.41, 5.74) is 0.970. The molecule has 2 N–H and O–H groups in total. The van der Waals surface area contributed by atoms with Crippen molar-refractivity contribution in [2.24, 2.45) is 0 Å². The van der Waals surface area contributed by atoms with Crippen molar-refractivity contribution in [2.75, 3.05) is 13.2 Å². The highest BCUT2D eigenvalue weighted by molar-refractivity contribution is 5.76. The summed E-state index contributed by atoms with van der Waals surface area (Å²) >= 11 is 0. The maximum absolute atomic E-state index is 11.6. The summed E-state index contributed by atoms with van der Waals surface area (Å²) in [6.07, 6.45) is 3.43. The number of carbonyl (C=O) groups excluding carboxylic acids is 1. The van der Waals surface area contributed by atoms with Gasteiger partial charge in [-0.25, -0.2) is 4.98 Å². The maximum Gasteiger partial charge on any atom is 0.240 e. The number of nitrogens with one attached hydrogen (secondary N) is 1. The van der Waals surface area contributed by atoms with Crippen LogP contribution in [0.1, 0.15) is 0 Å². The van der Waals surface area contributed by atoms with Gasteiger partial charge in [0.05, 0.1) is 6.61 Å². The smallest absolute Gasteiger partial charge is 0.240 e. The fourth-order valence-electron chi connectivity index (χ4n) is 1.69. The molecular formula is C13H15N3O2. The zero-order chi connectivity index (χ0) is 12.8. The van der Waals surface area contributed by atoms with Crippen LogP contribution in [0.2, 0.25) is 0 Å². The van der Waals surface area contributed by atoms with E-state index in [-0.39, 0.29) is 25.6 Å². The molecule has 2 rings (SSSR count). The van der Waals surface area contributed by atoms with Crippen LogP contribution in [0, 0.1) is 0 Å². The number of carbonyl (C=O) groups is 1. The lowest BCUT2D eigenvalue weighted by Gasteiger charge is -2.08. The van der Waals surface area contributed by atoms with E-state index in [0.717, 1.165) is 11.4 Å². The molecule has 1 heterocycles. The Labute approximate surface area is 105 Å². The highest BCUT2D eigenvalue weighted by Crippen LogP contribution is 2.16. The van der Waals surface area contributed by atoms with Crippen LogP contribution in [-0.2, 0) is 11.3 Å². The minimum atomic E-state index is -0.140. The number of aromatic nitrogens is 2. The molecule has 0 spiro atoms. The molecule has 0 atom stereocenters. The van der Waals surface area contributed by atoms with E-state index in [0.29, 0.717) is 0 Å². The van der Waals surface area contributed by atoms with Gasteiger partial charge < -0.3 is 15.0 Å². The first kappa shape index (κ1) is 12.3. The van der Waals surface area contributed by atoms with Crippen molar-refractivity contribution in [3.05, 3.63) is 42.7 Å². The van der Waals surface area contributed by atoms with Gasteiger partial charge in [0.25, 0.3) is 0 Å². The maximum atomic E-state index is 11.6. The van der Waals surface area contributed by atoms with Crippen molar-refractivity contribution >= 4 is 5.91 Å². The van der Waals surface area contributed by atoms with E-state index in [1.807, 2.05) is 30.3 Å². The lowest BCUT2D eigenvalue weighted by atomic mass is 10.2. The van der Waals surface area contributed by atoms with E-state index in [1.165, 1.54) is 0 Å². The highest BCUT2D eigenvalue weighted by Gasteiger charge is 2.08. The van der Waals surface area contributed by atoms with Crippen molar-refractivity contribution in [1.82, 2.24) is 14.9 Å². The summed E-state index contributed by atoms with van der Waals surface area (Å²) in [5, 5.41) is 11.3. The van der Waals surface area contributed by atoms with E-state index in [4.69, 9.17) is 5.11 Å². The largest absolute Gasteiger partial charge is 0.395 e. The molecule has 0 fully saturated rings. The lowest BCUT2D eigenvalue weighted by Crippen LogP contribution is -2.29. The van der Waals surface area contributed by atoms with Crippen LogP contribution in [-0.4, -0.2) is 33.7 Å². The molecule has 5 nitrogen and oxygen atoms in total. The number of amides is 1. The molecule has 1 aromatic heterocycles. The van der Waals surface area contributed by atoms with Gasteiger partial charge in [-0.15, -0.1) is 0 Å². The molecule has 0 aliphatic heterocycles. The Hall–Kier alpha value is -2.14. The molecular weight excluding hydrogens is 230 g/mol. The van der Waals surface area contributed by atoms with Crippen molar-refractivity contribution in [1.29, 1.82) is 0 Å².